The van der Waals surface area contributed by atoms with Gasteiger partial charge < -0.3 is 10.6 Å². The normalized spacial score (nSPS) is 17.1. The van der Waals surface area contributed by atoms with Crippen molar-refractivity contribution < 1.29 is 13.2 Å². The van der Waals surface area contributed by atoms with Gasteiger partial charge in [0.1, 0.15) is 0 Å². The van der Waals surface area contributed by atoms with Crippen molar-refractivity contribution in [1.29, 1.82) is 0 Å². The Balaban J connectivity index is 1.75. The molecule has 0 aliphatic carbocycles. The topological polar surface area (TPSA) is 92.5 Å². The zero-order chi connectivity index (χ0) is 19.6. The molecule has 144 valence electrons. The quantitative estimate of drug-likeness (QED) is 0.825. The van der Waals surface area contributed by atoms with Crippen LogP contribution >= 0.6 is 0 Å². The predicted octanol–water partition coefficient (Wildman–Crippen LogP) is 2.67. The average molecular weight is 388 g/mol. The molecule has 1 amide bonds. The lowest BCUT2D eigenvalue weighted by atomic mass is 10.1. The molecule has 1 aliphatic heterocycles. The third kappa shape index (κ3) is 4.14. The van der Waals surface area contributed by atoms with Crippen LogP contribution in [0.4, 0.5) is 5.69 Å². The second-order valence-electron chi connectivity index (χ2n) is 6.96. The van der Waals surface area contributed by atoms with Crippen LogP contribution in [-0.2, 0) is 10.0 Å². The van der Waals surface area contributed by atoms with Crippen molar-refractivity contribution in [3.8, 4) is 0 Å². The van der Waals surface area contributed by atoms with Gasteiger partial charge in [-0.25, -0.2) is 8.42 Å². The molecule has 3 N–H and O–H groups in total. The highest BCUT2D eigenvalue weighted by Crippen LogP contribution is 2.22. The van der Waals surface area contributed by atoms with Gasteiger partial charge in [-0.15, -0.1) is 0 Å². The molecule has 0 spiro atoms. The van der Waals surface area contributed by atoms with Gasteiger partial charge in [-0.1, -0.05) is 6.07 Å². The summed E-state index contributed by atoms with van der Waals surface area (Å²) in [4.78, 5) is 14.7. The van der Waals surface area contributed by atoms with E-state index in [2.05, 4.69) is 4.72 Å². The SMILES string of the molecule is Cc1ccc(S(=O)(=O)Nc2ccc(C(=O)N3CCCC3CN)cc2)cc1C. The van der Waals surface area contributed by atoms with E-state index in [-0.39, 0.29) is 16.8 Å². The summed E-state index contributed by atoms with van der Waals surface area (Å²) in [5, 5.41) is 0. The Morgan fingerprint density at radius 2 is 1.85 bits per heavy atom. The number of nitrogens with two attached hydrogens (primary N) is 1. The first-order chi connectivity index (χ1) is 12.8. The number of hydrogen-bond donors (Lipinski definition) is 2. The number of rotatable bonds is 5. The molecular weight excluding hydrogens is 362 g/mol. The molecule has 2 aromatic rings. The van der Waals surface area contributed by atoms with Crippen LogP contribution in [0.25, 0.3) is 0 Å². The van der Waals surface area contributed by atoms with E-state index in [1.807, 2.05) is 13.8 Å². The van der Waals surface area contributed by atoms with Gasteiger partial charge in [-0.2, -0.15) is 0 Å². The van der Waals surface area contributed by atoms with Crippen LogP contribution in [0.3, 0.4) is 0 Å². The summed E-state index contributed by atoms with van der Waals surface area (Å²) in [7, 11) is -3.68. The summed E-state index contributed by atoms with van der Waals surface area (Å²) < 4.78 is 27.7. The lowest BCUT2D eigenvalue weighted by molar-refractivity contribution is 0.0741. The van der Waals surface area contributed by atoms with Crippen molar-refractivity contribution in [3.05, 3.63) is 59.2 Å². The second-order valence-corrected chi connectivity index (χ2v) is 8.64. The fourth-order valence-electron chi connectivity index (χ4n) is 3.29. The third-order valence-electron chi connectivity index (χ3n) is 5.08. The lowest BCUT2D eigenvalue weighted by Crippen LogP contribution is -2.39. The van der Waals surface area contributed by atoms with Gasteiger partial charge in [0.2, 0.25) is 0 Å². The van der Waals surface area contributed by atoms with Gasteiger partial charge in [0.15, 0.2) is 0 Å². The van der Waals surface area contributed by atoms with E-state index in [0.717, 1.165) is 24.0 Å². The number of nitrogens with zero attached hydrogens (tertiary/aromatic N) is 1. The second kappa shape index (κ2) is 7.70. The van der Waals surface area contributed by atoms with Crippen LogP contribution in [0.15, 0.2) is 47.4 Å². The Morgan fingerprint density at radius 3 is 2.48 bits per heavy atom. The first-order valence-electron chi connectivity index (χ1n) is 9.03. The summed E-state index contributed by atoms with van der Waals surface area (Å²) in [5.41, 5.74) is 8.64. The molecule has 27 heavy (non-hydrogen) atoms. The van der Waals surface area contributed by atoms with E-state index in [9.17, 15) is 13.2 Å². The summed E-state index contributed by atoms with van der Waals surface area (Å²) in [6, 6.07) is 11.6. The number of carbonyl (C=O) groups excluding carboxylic acids is 1. The van der Waals surface area contributed by atoms with E-state index in [0.29, 0.717) is 24.3 Å². The fraction of sp³-hybridized carbons (Fsp3) is 0.350. The number of sulfonamides is 1. The number of amides is 1. The first kappa shape index (κ1) is 19.4. The summed E-state index contributed by atoms with van der Waals surface area (Å²) in [5.74, 6) is -0.0634. The highest BCUT2D eigenvalue weighted by atomic mass is 32.2. The lowest BCUT2D eigenvalue weighted by Gasteiger charge is -2.23. The van der Waals surface area contributed by atoms with E-state index in [1.54, 1.807) is 47.4 Å². The van der Waals surface area contributed by atoms with Crippen molar-refractivity contribution in [2.45, 2.75) is 37.6 Å². The number of carbonyl (C=O) groups is 1. The van der Waals surface area contributed by atoms with Crippen molar-refractivity contribution in [3.63, 3.8) is 0 Å². The molecule has 0 aromatic heterocycles. The Hall–Kier alpha value is -2.38. The van der Waals surface area contributed by atoms with Gasteiger partial charge in [0.05, 0.1) is 4.90 Å². The van der Waals surface area contributed by atoms with Crippen molar-refractivity contribution in [2.24, 2.45) is 5.73 Å². The van der Waals surface area contributed by atoms with Crippen LogP contribution in [0, 0.1) is 13.8 Å². The molecule has 1 saturated heterocycles. The maximum Gasteiger partial charge on any atom is 0.261 e. The molecule has 1 unspecified atom stereocenters. The average Bonchev–Trinajstić information content (AvgIpc) is 3.12. The molecule has 0 radical (unpaired) electrons. The van der Waals surface area contributed by atoms with E-state index in [1.165, 1.54) is 0 Å². The van der Waals surface area contributed by atoms with Crippen LogP contribution < -0.4 is 10.5 Å². The number of likely N-dealkylation sites (tertiary alicyclic amines) is 1. The molecule has 2 aromatic carbocycles. The maximum atomic E-state index is 12.6. The number of nitrogens with one attached hydrogen (secondary N) is 1. The fourth-order valence-corrected chi connectivity index (χ4v) is 4.43. The summed E-state index contributed by atoms with van der Waals surface area (Å²) in [6.45, 7) is 4.98. The highest BCUT2D eigenvalue weighted by Gasteiger charge is 2.28. The Kier molecular flexibility index (Phi) is 5.53. The van der Waals surface area contributed by atoms with Crippen molar-refractivity contribution >= 4 is 21.6 Å². The number of benzene rings is 2. The number of hydrogen-bond acceptors (Lipinski definition) is 4. The minimum atomic E-state index is -3.68. The molecule has 7 heteroatoms. The molecule has 1 aliphatic rings. The van der Waals surface area contributed by atoms with Crippen LogP contribution in [0.5, 0.6) is 0 Å². The van der Waals surface area contributed by atoms with Gasteiger partial charge in [0, 0.05) is 30.4 Å². The molecule has 1 fully saturated rings. The summed E-state index contributed by atoms with van der Waals surface area (Å²) in [6.07, 6.45) is 1.89. The Bertz CT molecular complexity index is 939. The van der Waals surface area contributed by atoms with Gasteiger partial charge in [-0.05, 0) is 74.2 Å². The molecular formula is C20H25N3O3S. The van der Waals surface area contributed by atoms with Gasteiger partial charge in [0.25, 0.3) is 15.9 Å². The van der Waals surface area contributed by atoms with Crippen LogP contribution in [0.2, 0.25) is 0 Å². The molecule has 0 bridgehead atoms. The zero-order valence-corrected chi connectivity index (χ0v) is 16.4. The van der Waals surface area contributed by atoms with E-state index >= 15 is 0 Å². The monoisotopic (exact) mass is 387 g/mol. The Labute approximate surface area is 160 Å². The molecule has 6 nitrogen and oxygen atoms in total. The molecule has 3 rings (SSSR count). The number of aryl methyl sites for hydroxylation is 2. The van der Waals surface area contributed by atoms with Gasteiger partial charge >= 0.3 is 0 Å². The molecule has 1 heterocycles. The minimum absolute atomic E-state index is 0.0634. The minimum Gasteiger partial charge on any atom is -0.334 e. The Morgan fingerprint density at radius 1 is 1.15 bits per heavy atom. The van der Waals surface area contributed by atoms with Gasteiger partial charge in [-0.3, -0.25) is 9.52 Å². The summed E-state index contributed by atoms with van der Waals surface area (Å²) >= 11 is 0. The van der Waals surface area contributed by atoms with Crippen molar-refractivity contribution in [1.82, 2.24) is 4.90 Å². The smallest absolute Gasteiger partial charge is 0.261 e. The van der Waals surface area contributed by atoms with Crippen molar-refractivity contribution in [2.75, 3.05) is 17.8 Å². The number of anilines is 1. The predicted molar refractivity (Wildman–Crippen MR) is 106 cm³/mol. The van der Waals surface area contributed by atoms with Crippen LogP contribution in [-0.4, -0.2) is 38.4 Å². The third-order valence-corrected chi connectivity index (χ3v) is 6.46. The van der Waals surface area contributed by atoms with E-state index in [4.69, 9.17) is 5.73 Å². The first-order valence-corrected chi connectivity index (χ1v) is 10.5. The van der Waals surface area contributed by atoms with E-state index < -0.39 is 10.0 Å². The standard InChI is InChI=1S/C20H25N3O3S/c1-14-5-10-19(12-15(14)2)27(25,26)22-17-8-6-16(7-9-17)20(24)23-11-3-4-18(23)13-21/h5-10,12,18,22H,3-4,11,13,21H2,1-2H3. The highest BCUT2D eigenvalue weighted by molar-refractivity contribution is 7.92. The maximum absolute atomic E-state index is 12.6. The zero-order valence-electron chi connectivity index (χ0n) is 15.6. The molecule has 0 saturated carbocycles. The van der Waals surface area contributed by atoms with Crippen LogP contribution in [0.1, 0.15) is 34.3 Å². The molecule has 1 atom stereocenters. The largest absolute Gasteiger partial charge is 0.334 e.